The average Bonchev–Trinajstić information content (AvgIpc) is 3.10. The van der Waals surface area contributed by atoms with Crippen LogP contribution in [0.4, 0.5) is 13.2 Å². The minimum atomic E-state index is -4.32. The summed E-state index contributed by atoms with van der Waals surface area (Å²) in [7, 11) is 0. The Morgan fingerprint density at radius 1 is 0.920 bits per heavy atom. The van der Waals surface area contributed by atoms with Crippen LogP contribution < -0.4 is 5.32 Å². The monoisotopic (exact) mass is 347 g/mol. The molecule has 1 amide bonds. The van der Waals surface area contributed by atoms with Crippen LogP contribution in [0.3, 0.4) is 0 Å². The lowest BCUT2D eigenvalue weighted by Gasteiger charge is -2.29. The Hall–Kier alpha value is -2.30. The van der Waals surface area contributed by atoms with Crippen molar-refractivity contribution in [3.05, 3.63) is 59.7 Å². The highest BCUT2D eigenvalue weighted by Crippen LogP contribution is 2.41. The lowest BCUT2D eigenvalue weighted by Crippen LogP contribution is -2.35. The van der Waals surface area contributed by atoms with E-state index in [9.17, 15) is 18.0 Å². The zero-order valence-electron chi connectivity index (χ0n) is 13.8. The molecule has 2 aromatic carbocycles. The normalized spacial score (nSPS) is 16.6. The maximum absolute atomic E-state index is 12.7. The third-order valence-electron chi connectivity index (χ3n) is 5.13. The van der Waals surface area contributed by atoms with Crippen molar-refractivity contribution >= 4 is 6.41 Å². The molecule has 0 bridgehead atoms. The van der Waals surface area contributed by atoms with E-state index in [-0.39, 0.29) is 5.41 Å². The molecule has 0 aromatic heterocycles. The van der Waals surface area contributed by atoms with E-state index in [0.717, 1.165) is 55.4 Å². The SMILES string of the molecule is O=CNCC1(c2ccc(-c3ccc(C(F)(F)F)cc3)cc2)CCCC1. The van der Waals surface area contributed by atoms with Crippen molar-refractivity contribution in [2.45, 2.75) is 37.3 Å². The zero-order chi connectivity index (χ0) is 17.9. The van der Waals surface area contributed by atoms with Crippen molar-refractivity contribution in [1.82, 2.24) is 5.32 Å². The van der Waals surface area contributed by atoms with E-state index in [1.54, 1.807) is 0 Å². The molecule has 1 saturated carbocycles. The molecule has 1 aliphatic carbocycles. The molecule has 0 spiro atoms. The van der Waals surface area contributed by atoms with Gasteiger partial charge in [-0.2, -0.15) is 13.2 Å². The molecule has 0 unspecified atom stereocenters. The van der Waals surface area contributed by atoms with Crippen LogP contribution in [0.2, 0.25) is 0 Å². The maximum Gasteiger partial charge on any atom is 0.416 e. The predicted octanol–water partition coefficient (Wildman–Crippen LogP) is 4.93. The predicted molar refractivity (Wildman–Crippen MR) is 91.1 cm³/mol. The Balaban J connectivity index is 1.83. The van der Waals surface area contributed by atoms with Gasteiger partial charge in [0.2, 0.25) is 6.41 Å². The van der Waals surface area contributed by atoms with Gasteiger partial charge in [-0.05, 0) is 41.7 Å². The fourth-order valence-corrected chi connectivity index (χ4v) is 3.72. The molecule has 25 heavy (non-hydrogen) atoms. The number of amides is 1. The van der Waals surface area contributed by atoms with E-state index in [2.05, 4.69) is 5.32 Å². The Bertz CT molecular complexity index is 714. The first-order valence-corrected chi connectivity index (χ1v) is 8.40. The van der Waals surface area contributed by atoms with Gasteiger partial charge < -0.3 is 5.32 Å². The first-order valence-electron chi connectivity index (χ1n) is 8.40. The van der Waals surface area contributed by atoms with E-state index in [1.807, 2.05) is 24.3 Å². The summed E-state index contributed by atoms with van der Waals surface area (Å²) in [4.78, 5) is 10.7. The topological polar surface area (TPSA) is 29.1 Å². The Morgan fingerprint density at radius 3 is 1.92 bits per heavy atom. The van der Waals surface area contributed by atoms with Gasteiger partial charge in [0.1, 0.15) is 0 Å². The summed E-state index contributed by atoms with van der Waals surface area (Å²) in [6.07, 6.45) is 0.767. The molecule has 0 radical (unpaired) electrons. The molecule has 0 atom stereocenters. The zero-order valence-corrected chi connectivity index (χ0v) is 13.8. The summed E-state index contributed by atoms with van der Waals surface area (Å²) in [5.41, 5.74) is 2.15. The van der Waals surface area contributed by atoms with Crippen LogP contribution in [-0.4, -0.2) is 13.0 Å². The van der Waals surface area contributed by atoms with Crippen LogP contribution in [-0.2, 0) is 16.4 Å². The Morgan fingerprint density at radius 2 is 1.44 bits per heavy atom. The number of benzene rings is 2. The summed E-state index contributed by atoms with van der Waals surface area (Å²) in [5.74, 6) is 0. The van der Waals surface area contributed by atoms with Gasteiger partial charge in [0.15, 0.2) is 0 Å². The largest absolute Gasteiger partial charge is 0.416 e. The molecule has 2 nitrogen and oxygen atoms in total. The van der Waals surface area contributed by atoms with Gasteiger partial charge in [-0.1, -0.05) is 49.2 Å². The van der Waals surface area contributed by atoms with Gasteiger partial charge in [0.25, 0.3) is 0 Å². The molecule has 0 saturated heterocycles. The van der Waals surface area contributed by atoms with Crippen molar-refractivity contribution in [2.24, 2.45) is 0 Å². The fraction of sp³-hybridized carbons (Fsp3) is 0.350. The summed E-state index contributed by atoms with van der Waals surface area (Å²) < 4.78 is 38.0. The molecule has 1 aliphatic rings. The molecular weight excluding hydrogens is 327 g/mol. The molecule has 5 heteroatoms. The molecule has 2 aromatic rings. The van der Waals surface area contributed by atoms with Crippen molar-refractivity contribution in [3.8, 4) is 11.1 Å². The third-order valence-corrected chi connectivity index (χ3v) is 5.13. The van der Waals surface area contributed by atoms with Crippen LogP contribution in [0.15, 0.2) is 48.5 Å². The Labute approximate surface area is 145 Å². The molecule has 0 aliphatic heterocycles. The fourth-order valence-electron chi connectivity index (χ4n) is 3.72. The summed E-state index contributed by atoms with van der Waals surface area (Å²) in [5, 5.41) is 2.81. The molecule has 3 rings (SSSR count). The molecular formula is C20H20F3NO. The van der Waals surface area contributed by atoms with Crippen LogP contribution in [0.25, 0.3) is 11.1 Å². The quantitative estimate of drug-likeness (QED) is 0.764. The summed E-state index contributed by atoms with van der Waals surface area (Å²) in [6, 6.07) is 13.2. The van der Waals surface area contributed by atoms with Crippen molar-refractivity contribution in [2.75, 3.05) is 6.54 Å². The number of alkyl halides is 3. The van der Waals surface area contributed by atoms with Crippen LogP contribution in [0.1, 0.15) is 36.8 Å². The second kappa shape index (κ2) is 6.90. The highest BCUT2D eigenvalue weighted by Gasteiger charge is 2.35. The van der Waals surface area contributed by atoms with E-state index >= 15 is 0 Å². The molecule has 1 N–H and O–H groups in total. The van der Waals surface area contributed by atoms with Gasteiger partial charge in [0, 0.05) is 12.0 Å². The minimum absolute atomic E-state index is 0.0282. The summed E-state index contributed by atoms with van der Waals surface area (Å²) in [6.45, 7) is 0.621. The standard InChI is InChI=1S/C20H20F3NO/c21-20(22,23)18-9-5-16(6-10-18)15-3-7-17(8-4-15)19(13-24-14-25)11-1-2-12-19/h3-10,14H,1-2,11-13H2,(H,24,25). The van der Waals surface area contributed by atoms with Crippen molar-refractivity contribution in [1.29, 1.82) is 0 Å². The molecule has 132 valence electrons. The van der Waals surface area contributed by atoms with Crippen LogP contribution in [0.5, 0.6) is 0 Å². The van der Waals surface area contributed by atoms with Gasteiger partial charge in [-0.3, -0.25) is 4.79 Å². The smallest absolute Gasteiger partial charge is 0.358 e. The van der Waals surface area contributed by atoms with E-state index < -0.39 is 11.7 Å². The van der Waals surface area contributed by atoms with E-state index in [0.29, 0.717) is 6.54 Å². The maximum atomic E-state index is 12.7. The highest BCUT2D eigenvalue weighted by atomic mass is 19.4. The lowest BCUT2D eigenvalue weighted by atomic mass is 9.78. The second-order valence-electron chi connectivity index (χ2n) is 6.64. The first-order chi connectivity index (χ1) is 11.9. The molecule has 0 heterocycles. The van der Waals surface area contributed by atoms with Gasteiger partial charge in [-0.25, -0.2) is 0 Å². The second-order valence-corrected chi connectivity index (χ2v) is 6.64. The van der Waals surface area contributed by atoms with E-state index in [4.69, 9.17) is 0 Å². The van der Waals surface area contributed by atoms with Gasteiger partial charge in [-0.15, -0.1) is 0 Å². The number of carbonyl (C=O) groups excluding carboxylic acids is 1. The minimum Gasteiger partial charge on any atom is -0.358 e. The number of hydrogen-bond acceptors (Lipinski definition) is 1. The Kier molecular flexibility index (Phi) is 4.84. The molecule has 1 fully saturated rings. The number of halogens is 3. The average molecular weight is 347 g/mol. The highest BCUT2D eigenvalue weighted by molar-refractivity contribution is 5.64. The lowest BCUT2D eigenvalue weighted by molar-refractivity contribution is -0.137. The summed E-state index contributed by atoms with van der Waals surface area (Å²) >= 11 is 0. The van der Waals surface area contributed by atoms with Crippen molar-refractivity contribution < 1.29 is 18.0 Å². The van der Waals surface area contributed by atoms with Crippen molar-refractivity contribution in [3.63, 3.8) is 0 Å². The number of carbonyl (C=O) groups is 1. The number of hydrogen-bond donors (Lipinski definition) is 1. The first kappa shape index (κ1) is 17.5. The number of rotatable bonds is 5. The van der Waals surface area contributed by atoms with Gasteiger partial charge in [0.05, 0.1) is 5.56 Å². The number of nitrogens with one attached hydrogen (secondary N) is 1. The van der Waals surface area contributed by atoms with Crippen LogP contribution in [0, 0.1) is 0 Å². The van der Waals surface area contributed by atoms with Gasteiger partial charge >= 0.3 is 6.18 Å². The third kappa shape index (κ3) is 3.70. The van der Waals surface area contributed by atoms with Crippen LogP contribution >= 0.6 is 0 Å². The van der Waals surface area contributed by atoms with E-state index in [1.165, 1.54) is 17.7 Å².